The molecule has 4 heteroatoms. The van der Waals surface area contributed by atoms with E-state index in [1.807, 2.05) is 49.3 Å². The molecule has 0 amide bonds. The van der Waals surface area contributed by atoms with Crippen molar-refractivity contribution in [2.75, 3.05) is 14.1 Å². The van der Waals surface area contributed by atoms with E-state index in [0.29, 0.717) is 0 Å². The molecule has 1 rings (SSSR count). The molecular weight excluding hydrogens is 250 g/mol. The van der Waals surface area contributed by atoms with Gasteiger partial charge in [-0.15, -0.1) is 0 Å². The van der Waals surface area contributed by atoms with Gasteiger partial charge in [0.1, 0.15) is 4.32 Å². The number of thioether (sulfide) groups is 1. The highest BCUT2D eigenvalue weighted by atomic mass is 32.2. The van der Waals surface area contributed by atoms with Crippen molar-refractivity contribution in [2.24, 2.45) is 0 Å². The smallest absolute Gasteiger partial charge is 0.153 e. The number of hydrogen-bond acceptors (Lipinski definition) is 3. The van der Waals surface area contributed by atoms with Gasteiger partial charge in [0.15, 0.2) is 5.78 Å². The molecule has 0 fully saturated rings. The molecule has 0 spiro atoms. The van der Waals surface area contributed by atoms with E-state index in [-0.39, 0.29) is 5.78 Å². The van der Waals surface area contributed by atoms with Crippen LogP contribution in [-0.4, -0.2) is 29.1 Å². The maximum Gasteiger partial charge on any atom is 0.153 e. The van der Waals surface area contributed by atoms with Gasteiger partial charge in [0.2, 0.25) is 0 Å². The minimum atomic E-state index is 0.0258. The first-order chi connectivity index (χ1) is 8.00. The van der Waals surface area contributed by atoms with Crippen LogP contribution in [0.2, 0.25) is 0 Å². The van der Waals surface area contributed by atoms with Crippen LogP contribution < -0.4 is 0 Å². The molecule has 90 valence electrons. The van der Waals surface area contributed by atoms with Crippen molar-refractivity contribution in [3.8, 4) is 0 Å². The van der Waals surface area contributed by atoms with Crippen molar-refractivity contribution < 1.29 is 4.79 Å². The Morgan fingerprint density at radius 2 is 1.88 bits per heavy atom. The standard InChI is InChI=1S/C13H15NOS2/c1-10(15)9-12(17-13(16)14(2)3)11-7-5-4-6-8-11/h4-9H,1-3H3. The Labute approximate surface area is 112 Å². The number of nitrogens with zero attached hydrogens (tertiary/aromatic N) is 1. The Bertz CT molecular complexity index is 438. The second kappa shape index (κ2) is 6.57. The van der Waals surface area contributed by atoms with Crippen molar-refractivity contribution >= 4 is 39.0 Å². The van der Waals surface area contributed by atoms with E-state index in [9.17, 15) is 4.79 Å². The fourth-order valence-corrected chi connectivity index (χ4v) is 2.26. The Balaban J connectivity index is 2.98. The number of allylic oxidation sites excluding steroid dienone is 1. The fraction of sp³-hybridized carbons (Fsp3) is 0.231. The number of hydrogen-bond donors (Lipinski definition) is 0. The Hall–Kier alpha value is -1.13. The lowest BCUT2D eigenvalue weighted by Gasteiger charge is -2.14. The van der Waals surface area contributed by atoms with Crippen LogP contribution in [0.5, 0.6) is 0 Å². The van der Waals surface area contributed by atoms with E-state index in [2.05, 4.69) is 0 Å². The highest BCUT2D eigenvalue weighted by molar-refractivity contribution is 8.29. The van der Waals surface area contributed by atoms with Crippen LogP contribution in [0.25, 0.3) is 4.91 Å². The molecule has 0 aliphatic carbocycles. The lowest BCUT2D eigenvalue weighted by molar-refractivity contribution is -0.112. The van der Waals surface area contributed by atoms with Gasteiger partial charge >= 0.3 is 0 Å². The summed E-state index contributed by atoms with van der Waals surface area (Å²) in [5.41, 5.74) is 1.01. The summed E-state index contributed by atoms with van der Waals surface area (Å²) in [6.45, 7) is 1.54. The maximum absolute atomic E-state index is 11.2. The third kappa shape index (κ3) is 4.71. The van der Waals surface area contributed by atoms with Crippen LogP contribution in [0.15, 0.2) is 36.4 Å². The zero-order chi connectivity index (χ0) is 12.8. The molecule has 17 heavy (non-hydrogen) atoms. The molecule has 2 nitrogen and oxygen atoms in total. The first-order valence-electron chi connectivity index (χ1n) is 5.17. The molecule has 1 aromatic rings. The summed E-state index contributed by atoms with van der Waals surface area (Å²) in [7, 11) is 3.79. The van der Waals surface area contributed by atoms with E-state index >= 15 is 0 Å². The zero-order valence-corrected chi connectivity index (χ0v) is 11.8. The van der Waals surface area contributed by atoms with Crippen molar-refractivity contribution in [3.63, 3.8) is 0 Å². The summed E-state index contributed by atoms with van der Waals surface area (Å²) < 4.78 is 0.737. The van der Waals surface area contributed by atoms with Crippen molar-refractivity contribution in [3.05, 3.63) is 42.0 Å². The molecule has 0 unspecified atom stereocenters. The first kappa shape index (κ1) is 13.9. The van der Waals surface area contributed by atoms with Gasteiger partial charge in [0.05, 0.1) is 0 Å². The predicted octanol–water partition coefficient (Wildman–Crippen LogP) is 3.20. The average molecular weight is 265 g/mol. The molecule has 0 aromatic heterocycles. The second-order valence-electron chi connectivity index (χ2n) is 3.75. The number of ketones is 1. The van der Waals surface area contributed by atoms with Crippen LogP contribution in [0.1, 0.15) is 12.5 Å². The molecule has 0 N–H and O–H groups in total. The predicted molar refractivity (Wildman–Crippen MR) is 79.0 cm³/mol. The molecular formula is C13H15NOS2. The summed E-state index contributed by atoms with van der Waals surface area (Å²) >= 11 is 6.68. The number of benzene rings is 1. The molecule has 0 radical (unpaired) electrons. The summed E-state index contributed by atoms with van der Waals surface area (Å²) in [4.78, 5) is 14.0. The van der Waals surface area contributed by atoms with E-state index < -0.39 is 0 Å². The lowest BCUT2D eigenvalue weighted by Crippen LogP contribution is -2.16. The Morgan fingerprint density at radius 1 is 1.29 bits per heavy atom. The number of carbonyl (C=O) groups is 1. The van der Waals surface area contributed by atoms with Crippen molar-refractivity contribution in [1.29, 1.82) is 0 Å². The van der Waals surface area contributed by atoms with Gasteiger partial charge in [-0.1, -0.05) is 54.3 Å². The highest BCUT2D eigenvalue weighted by Gasteiger charge is 2.08. The van der Waals surface area contributed by atoms with Crippen molar-refractivity contribution in [2.45, 2.75) is 6.92 Å². The summed E-state index contributed by atoms with van der Waals surface area (Å²) in [5.74, 6) is 0.0258. The van der Waals surface area contributed by atoms with E-state index in [4.69, 9.17) is 12.2 Å². The quantitative estimate of drug-likeness (QED) is 0.617. The molecule has 0 atom stereocenters. The molecule has 0 heterocycles. The SMILES string of the molecule is CC(=O)C=C(SC(=S)N(C)C)c1ccccc1. The molecule has 0 saturated carbocycles. The van der Waals surface area contributed by atoms with Crippen LogP contribution >= 0.6 is 24.0 Å². The highest BCUT2D eigenvalue weighted by Crippen LogP contribution is 2.29. The Morgan fingerprint density at radius 3 is 2.35 bits per heavy atom. The molecule has 0 saturated heterocycles. The third-order valence-corrected chi connectivity index (χ3v) is 3.68. The fourth-order valence-electron chi connectivity index (χ4n) is 1.14. The maximum atomic E-state index is 11.2. The second-order valence-corrected chi connectivity index (χ2v) is 5.42. The van der Waals surface area contributed by atoms with Gasteiger partial charge in [-0.2, -0.15) is 0 Å². The topological polar surface area (TPSA) is 20.3 Å². The monoisotopic (exact) mass is 265 g/mol. The normalized spacial score (nSPS) is 11.1. The van der Waals surface area contributed by atoms with E-state index in [1.165, 1.54) is 11.8 Å². The largest absolute Gasteiger partial charge is 0.363 e. The molecule has 1 aromatic carbocycles. The minimum absolute atomic E-state index is 0.0258. The van der Waals surface area contributed by atoms with E-state index in [0.717, 1.165) is 14.8 Å². The van der Waals surface area contributed by atoms with Gasteiger partial charge in [0.25, 0.3) is 0 Å². The first-order valence-corrected chi connectivity index (χ1v) is 6.40. The van der Waals surface area contributed by atoms with Gasteiger partial charge in [-0.25, -0.2) is 0 Å². The number of carbonyl (C=O) groups excluding carboxylic acids is 1. The van der Waals surface area contributed by atoms with E-state index in [1.54, 1.807) is 13.0 Å². The lowest BCUT2D eigenvalue weighted by atomic mass is 10.2. The third-order valence-electron chi connectivity index (χ3n) is 1.96. The van der Waals surface area contributed by atoms with Crippen LogP contribution in [0, 0.1) is 0 Å². The molecule has 0 aliphatic heterocycles. The number of thiocarbonyl (C=S) groups is 1. The number of rotatable bonds is 3. The summed E-state index contributed by atoms with van der Waals surface area (Å²) in [5, 5.41) is 0. The molecule has 0 aliphatic rings. The van der Waals surface area contributed by atoms with Gasteiger partial charge < -0.3 is 4.90 Å². The van der Waals surface area contributed by atoms with Crippen LogP contribution in [-0.2, 0) is 4.79 Å². The zero-order valence-electron chi connectivity index (χ0n) is 10.1. The van der Waals surface area contributed by atoms with Crippen LogP contribution in [0.4, 0.5) is 0 Å². The van der Waals surface area contributed by atoms with Gasteiger partial charge in [-0.05, 0) is 18.6 Å². The van der Waals surface area contributed by atoms with Gasteiger partial charge in [0, 0.05) is 19.0 Å². The molecule has 0 bridgehead atoms. The van der Waals surface area contributed by atoms with Crippen molar-refractivity contribution in [1.82, 2.24) is 4.90 Å². The summed E-state index contributed by atoms with van der Waals surface area (Å²) in [6.07, 6.45) is 1.62. The van der Waals surface area contributed by atoms with Crippen LogP contribution in [0.3, 0.4) is 0 Å². The minimum Gasteiger partial charge on any atom is -0.363 e. The Kier molecular flexibility index (Phi) is 5.38. The summed E-state index contributed by atoms with van der Waals surface area (Å²) in [6, 6.07) is 9.79. The van der Waals surface area contributed by atoms with Gasteiger partial charge in [-0.3, -0.25) is 4.79 Å². The average Bonchev–Trinajstić information content (AvgIpc) is 2.28.